The summed E-state index contributed by atoms with van der Waals surface area (Å²) < 4.78 is 1.41. The Morgan fingerprint density at radius 1 is 1.33 bits per heavy atom. The van der Waals surface area contributed by atoms with E-state index in [0.717, 1.165) is 6.07 Å². The van der Waals surface area contributed by atoms with E-state index in [0.29, 0.717) is 0 Å². The number of aromatic nitrogens is 4. The molecule has 0 aliphatic carbocycles. The van der Waals surface area contributed by atoms with Gasteiger partial charge in [0.15, 0.2) is 0 Å². The van der Waals surface area contributed by atoms with Crippen LogP contribution in [0.2, 0.25) is 5.02 Å². The molecule has 3 N–H and O–H groups in total. The van der Waals surface area contributed by atoms with Gasteiger partial charge >= 0.3 is 0 Å². The Bertz CT molecular complexity index is 564. The number of aromatic hydroxyl groups is 2. The van der Waals surface area contributed by atoms with E-state index < -0.39 is 0 Å². The summed E-state index contributed by atoms with van der Waals surface area (Å²) in [5.41, 5.74) is 0.271. The van der Waals surface area contributed by atoms with Crippen LogP contribution >= 0.6 is 23.8 Å². The number of aromatic amines is 1. The molecule has 15 heavy (non-hydrogen) atoms. The maximum atomic E-state index is 9.55. The van der Waals surface area contributed by atoms with E-state index >= 15 is 0 Å². The van der Waals surface area contributed by atoms with Gasteiger partial charge in [0.2, 0.25) is 4.77 Å². The number of phenolic OH excluding ortho intramolecular Hbond substituents is 2. The van der Waals surface area contributed by atoms with Crippen LogP contribution in [0.3, 0.4) is 0 Å². The molecule has 0 bridgehead atoms. The van der Waals surface area contributed by atoms with Gasteiger partial charge in [-0.2, -0.15) is 5.21 Å². The van der Waals surface area contributed by atoms with Crippen LogP contribution in [-0.2, 0) is 0 Å². The van der Waals surface area contributed by atoms with Crippen molar-refractivity contribution in [3.05, 3.63) is 21.9 Å². The number of nitrogens with one attached hydrogen (secondary N) is 1. The molecule has 6 nitrogen and oxygen atoms in total. The zero-order valence-corrected chi connectivity index (χ0v) is 8.75. The third-order valence-corrected chi connectivity index (χ3v) is 2.32. The molecule has 0 aliphatic rings. The monoisotopic (exact) mass is 244 g/mol. The number of phenols is 2. The molecule has 0 fully saturated rings. The van der Waals surface area contributed by atoms with Crippen LogP contribution in [0.4, 0.5) is 0 Å². The van der Waals surface area contributed by atoms with Gasteiger partial charge in [0, 0.05) is 6.07 Å². The average Bonchev–Trinajstić information content (AvgIpc) is 2.58. The predicted molar refractivity (Wildman–Crippen MR) is 54.9 cm³/mol. The van der Waals surface area contributed by atoms with E-state index in [4.69, 9.17) is 23.8 Å². The zero-order chi connectivity index (χ0) is 11.0. The van der Waals surface area contributed by atoms with Gasteiger partial charge in [-0.3, -0.25) is 0 Å². The third kappa shape index (κ3) is 1.66. The van der Waals surface area contributed by atoms with E-state index in [9.17, 15) is 10.2 Å². The van der Waals surface area contributed by atoms with Gasteiger partial charge in [0.25, 0.3) is 0 Å². The number of benzene rings is 1. The highest BCUT2D eigenvalue weighted by atomic mass is 35.5. The lowest BCUT2D eigenvalue weighted by Gasteiger charge is -2.05. The van der Waals surface area contributed by atoms with Crippen molar-refractivity contribution >= 4 is 23.8 Å². The minimum Gasteiger partial charge on any atom is -0.506 e. The summed E-state index contributed by atoms with van der Waals surface area (Å²) in [5, 5.41) is 28.3. The highest BCUT2D eigenvalue weighted by Gasteiger charge is 2.10. The van der Waals surface area contributed by atoms with Crippen LogP contribution in [0, 0.1) is 4.77 Å². The Morgan fingerprint density at radius 2 is 2.07 bits per heavy atom. The lowest BCUT2D eigenvalue weighted by Crippen LogP contribution is -1.97. The Hall–Kier alpha value is -1.60. The fourth-order valence-corrected chi connectivity index (χ4v) is 1.41. The maximum absolute atomic E-state index is 9.55. The number of hydrogen-bond acceptors (Lipinski definition) is 5. The fraction of sp³-hybridized carbons (Fsp3) is 0. The molecule has 2 aromatic rings. The highest BCUT2D eigenvalue weighted by molar-refractivity contribution is 7.71. The molecule has 1 aromatic heterocycles. The van der Waals surface area contributed by atoms with Crippen molar-refractivity contribution in [1.29, 1.82) is 0 Å². The van der Waals surface area contributed by atoms with Crippen LogP contribution in [0.15, 0.2) is 12.1 Å². The molecule has 1 heterocycles. The summed E-state index contributed by atoms with van der Waals surface area (Å²) >= 11 is 10.5. The maximum Gasteiger partial charge on any atom is 0.243 e. The number of halogens is 1. The van der Waals surface area contributed by atoms with E-state index in [2.05, 4.69) is 15.5 Å². The summed E-state index contributed by atoms with van der Waals surface area (Å²) in [6, 6.07) is 2.46. The van der Waals surface area contributed by atoms with Crippen LogP contribution in [-0.4, -0.2) is 30.4 Å². The molecular formula is C7H5ClN4O2S. The zero-order valence-electron chi connectivity index (χ0n) is 7.18. The van der Waals surface area contributed by atoms with Gasteiger partial charge in [0.05, 0.1) is 5.02 Å². The molecule has 8 heteroatoms. The second-order valence-corrected chi connectivity index (χ2v) is 3.48. The Kier molecular flexibility index (Phi) is 2.33. The van der Waals surface area contributed by atoms with Crippen molar-refractivity contribution in [3.63, 3.8) is 0 Å². The topological polar surface area (TPSA) is 87.0 Å². The Labute approximate surface area is 93.7 Å². The lowest BCUT2D eigenvalue weighted by molar-refractivity contribution is 0.447. The van der Waals surface area contributed by atoms with Crippen molar-refractivity contribution < 1.29 is 10.2 Å². The summed E-state index contributed by atoms with van der Waals surface area (Å²) in [6.45, 7) is 0. The molecule has 78 valence electrons. The Balaban J connectivity index is 2.69. The van der Waals surface area contributed by atoms with E-state index in [1.165, 1.54) is 10.7 Å². The van der Waals surface area contributed by atoms with Crippen molar-refractivity contribution in [2.75, 3.05) is 0 Å². The highest BCUT2D eigenvalue weighted by Crippen LogP contribution is 2.32. The van der Waals surface area contributed by atoms with Crippen LogP contribution in [0.5, 0.6) is 11.5 Å². The van der Waals surface area contributed by atoms with Gasteiger partial charge in [-0.1, -0.05) is 21.9 Å². The van der Waals surface area contributed by atoms with Crippen molar-refractivity contribution in [2.45, 2.75) is 0 Å². The van der Waals surface area contributed by atoms with E-state index in [-0.39, 0.29) is 27.0 Å². The first-order valence-electron chi connectivity index (χ1n) is 3.81. The number of nitrogens with zero attached hydrogens (tertiary/aromatic N) is 3. The SMILES string of the molecule is Oc1cc(O)c(-n2[nH]nnc2=S)cc1Cl. The van der Waals surface area contributed by atoms with Crippen molar-refractivity contribution in [3.8, 4) is 17.2 Å². The minimum absolute atomic E-state index is 0.0966. The molecule has 0 spiro atoms. The first-order valence-corrected chi connectivity index (χ1v) is 4.60. The molecule has 0 radical (unpaired) electrons. The predicted octanol–water partition coefficient (Wildman–Crippen LogP) is 1.39. The van der Waals surface area contributed by atoms with Gasteiger partial charge in [0.1, 0.15) is 17.2 Å². The van der Waals surface area contributed by atoms with Crippen molar-refractivity contribution in [1.82, 2.24) is 20.2 Å². The fourth-order valence-electron chi connectivity index (χ4n) is 1.07. The number of hydrogen-bond donors (Lipinski definition) is 3. The van der Waals surface area contributed by atoms with Gasteiger partial charge in [-0.05, 0) is 18.3 Å². The number of rotatable bonds is 1. The second-order valence-electron chi connectivity index (χ2n) is 2.71. The molecule has 0 unspecified atom stereocenters. The second kappa shape index (κ2) is 3.52. The standard InChI is InChI=1S/C7H5ClN4O2S/c8-3-1-4(6(14)2-5(3)13)12-7(15)9-10-11-12/h1-2,13-14H,(H,9,11,15). The normalized spacial score (nSPS) is 10.5. The van der Waals surface area contributed by atoms with Crippen LogP contribution < -0.4 is 0 Å². The van der Waals surface area contributed by atoms with Crippen LogP contribution in [0.25, 0.3) is 5.69 Å². The lowest BCUT2D eigenvalue weighted by atomic mass is 10.3. The smallest absolute Gasteiger partial charge is 0.243 e. The van der Waals surface area contributed by atoms with E-state index in [1.807, 2.05) is 0 Å². The van der Waals surface area contributed by atoms with E-state index in [1.54, 1.807) is 0 Å². The first kappa shape index (κ1) is 9.94. The molecule has 0 aliphatic heterocycles. The minimum atomic E-state index is -0.211. The third-order valence-electron chi connectivity index (χ3n) is 1.76. The molecule has 0 amide bonds. The molecule has 0 saturated carbocycles. The average molecular weight is 245 g/mol. The summed E-state index contributed by atoms with van der Waals surface area (Å²) in [7, 11) is 0. The molecule has 0 atom stereocenters. The first-order chi connectivity index (χ1) is 7.09. The summed E-state index contributed by atoms with van der Waals surface area (Å²) in [5.74, 6) is -0.393. The van der Waals surface area contributed by atoms with Gasteiger partial charge in [-0.25, -0.2) is 4.68 Å². The number of tetrazole rings is 1. The summed E-state index contributed by atoms with van der Waals surface area (Å²) in [6.07, 6.45) is 0. The summed E-state index contributed by atoms with van der Waals surface area (Å²) in [4.78, 5) is 0. The van der Waals surface area contributed by atoms with Gasteiger partial charge in [-0.15, -0.1) is 0 Å². The van der Waals surface area contributed by atoms with Gasteiger partial charge < -0.3 is 10.2 Å². The molecular weight excluding hydrogens is 240 g/mol. The number of H-pyrrole nitrogens is 1. The molecule has 0 saturated heterocycles. The Morgan fingerprint density at radius 3 is 2.67 bits per heavy atom. The van der Waals surface area contributed by atoms with Crippen molar-refractivity contribution in [2.24, 2.45) is 0 Å². The van der Waals surface area contributed by atoms with Crippen LogP contribution in [0.1, 0.15) is 0 Å². The molecule has 2 rings (SSSR count). The largest absolute Gasteiger partial charge is 0.506 e. The quantitative estimate of drug-likeness (QED) is 0.660. The molecule has 1 aromatic carbocycles.